The van der Waals surface area contributed by atoms with Gasteiger partial charge in [0.2, 0.25) is 11.7 Å². The van der Waals surface area contributed by atoms with Gasteiger partial charge in [0.15, 0.2) is 17.1 Å². The number of amides is 2. The van der Waals surface area contributed by atoms with Gasteiger partial charge in [-0.25, -0.2) is 4.39 Å². The molecule has 5 rings (SSSR count). The van der Waals surface area contributed by atoms with Crippen LogP contribution in [0, 0.1) is 17.7 Å². The molecule has 14 heteroatoms. The van der Waals surface area contributed by atoms with E-state index in [1.165, 1.54) is 19.0 Å². The number of aliphatic hydroxyl groups is 3. The van der Waals surface area contributed by atoms with Crippen molar-refractivity contribution in [3.8, 4) is 5.75 Å². The summed E-state index contributed by atoms with van der Waals surface area (Å²) in [6.45, 7) is 1.33. The number of ketones is 2. The first-order chi connectivity index (χ1) is 20.1. The molecular weight excluding hydrogens is 565 g/mol. The van der Waals surface area contributed by atoms with E-state index >= 15 is 4.39 Å². The Morgan fingerprint density at radius 2 is 1.84 bits per heavy atom. The van der Waals surface area contributed by atoms with E-state index in [2.05, 4.69) is 10.2 Å². The van der Waals surface area contributed by atoms with Crippen LogP contribution in [0.25, 0.3) is 5.76 Å². The third-order valence-corrected chi connectivity index (χ3v) is 9.29. The van der Waals surface area contributed by atoms with Gasteiger partial charge in [0.25, 0.3) is 5.91 Å². The number of hydrogen-bond acceptors (Lipinski definition) is 11. The third-order valence-electron chi connectivity index (χ3n) is 9.29. The summed E-state index contributed by atoms with van der Waals surface area (Å²) in [4.78, 5) is 57.3. The Kier molecular flexibility index (Phi) is 7.61. The number of hydrogen-bond donors (Lipinski definition) is 6. The normalized spacial score (nSPS) is 29.2. The lowest BCUT2D eigenvalue weighted by Gasteiger charge is -2.50. The minimum atomic E-state index is -2.80. The number of carbonyl (C=O) groups is 4. The van der Waals surface area contributed by atoms with Gasteiger partial charge < -0.3 is 36.4 Å². The average molecular weight is 602 g/mol. The van der Waals surface area contributed by atoms with E-state index in [0.29, 0.717) is 13.1 Å². The topological polar surface area (TPSA) is 197 Å². The smallest absolute Gasteiger partial charge is 0.255 e. The van der Waals surface area contributed by atoms with Crippen molar-refractivity contribution >= 4 is 34.8 Å². The summed E-state index contributed by atoms with van der Waals surface area (Å²) >= 11 is 0. The molecule has 1 saturated heterocycles. The first-order valence-corrected chi connectivity index (χ1v) is 14.0. The molecule has 3 aliphatic carbocycles. The van der Waals surface area contributed by atoms with Crippen LogP contribution in [0.3, 0.4) is 0 Å². The Labute approximate surface area is 247 Å². The number of nitrogens with one attached hydrogen (secondary N) is 1. The van der Waals surface area contributed by atoms with Gasteiger partial charge in [0, 0.05) is 42.3 Å². The van der Waals surface area contributed by atoms with E-state index in [0.717, 1.165) is 12.5 Å². The Balaban J connectivity index is 1.53. The van der Waals surface area contributed by atoms with Crippen molar-refractivity contribution in [3.63, 3.8) is 0 Å². The molecule has 0 unspecified atom stereocenters. The van der Waals surface area contributed by atoms with Gasteiger partial charge in [-0.1, -0.05) is 0 Å². The Bertz CT molecular complexity index is 1500. The molecule has 0 aromatic heterocycles. The zero-order valence-corrected chi connectivity index (χ0v) is 24.3. The van der Waals surface area contributed by atoms with Crippen molar-refractivity contribution < 1.29 is 44.0 Å². The number of phenols is 1. The summed E-state index contributed by atoms with van der Waals surface area (Å²) in [6, 6.07) is -0.0138. The Hall–Kier alpha value is -3.85. The molecule has 43 heavy (non-hydrogen) atoms. The maximum atomic E-state index is 15.5. The number of rotatable bonds is 6. The molecule has 7 N–H and O–H groups in total. The van der Waals surface area contributed by atoms with Gasteiger partial charge in [-0.2, -0.15) is 0 Å². The first-order valence-electron chi connectivity index (χ1n) is 14.0. The highest BCUT2D eigenvalue weighted by Crippen LogP contribution is 2.53. The molecule has 1 aromatic rings. The number of nitrogens with zero attached hydrogens (tertiary/aromatic N) is 3. The van der Waals surface area contributed by atoms with Crippen molar-refractivity contribution in [2.75, 3.05) is 53.1 Å². The molecule has 2 fully saturated rings. The van der Waals surface area contributed by atoms with Crippen LogP contribution < -0.4 is 11.1 Å². The van der Waals surface area contributed by atoms with Crippen molar-refractivity contribution in [3.05, 3.63) is 39.9 Å². The van der Waals surface area contributed by atoms with E-state index < -0.39 is 86.7 Å². The largest absolute Gasteiger partial charge is 0.508 e. The lowest BCUT2D eigenvalue weighted by atomic mass is 9.57. The number of primary amides is 1. The van der Waals surface area contributed by atoms with Crippen LogP contribution in [0.5, 0.6) is 5.75 Å². The fourth-order valence-corrected chi connectivity index (χ4v) is 7.13. The zero-order chi connectivity index (χ0) is 31.7. The molecule has 2 amide bonds. The van der Waals surface area contributed by atoms with Crippen LogP contribution in [-0.4, -0.2) is 124 Å². The number of nitrogens with two attached hydrogens (primary N) is 1. The minimum absolute atomic E-state index is 0.00982. The van der Waals surface area contributed by atoms with Crippen LogP contribution in [0.15, 0.2) is 23.0 Å². The molecule has 1 heterocycles. The lowest BCUT2D eigenvalue weighted by molar-refractivity contribution is -0.153. The van der Waals surface area contributed by atoms with Crippen LogP contribution in [-0.2, 0) is 25.6 Å². The van der Waals surface area contributed by atoms with Crippen molar-refractivity contribution in [1.82, 2.24) is 14.7 Å². The molecule has 1 aromatic carbocycles. The Morgan fingerprint density at radius 1 is 1.16 bits per heavy atom. The van der Waals surface area contributed by atoms with Crippen molar-refractivity contribution in [2.24, 2.45) is 17.6 Å². The minimum Gasteiger partial charge on any atom is -0.508 e. The predicted molar refractivity (Wildman–Crippen MR) is 151 cm³/mol. The lowest BCUT2D eigenvalue weighted by Crippen LogP contribution is -2.65. The second-order valence-corrected chi connectivity index (χ2v) is 12.3. The van der Waals surface area contributed by atoms with E-state index in [1.807, 2.05) is 19.0 Å². The molecule has 0 bridgehead atoms. The number of Topliss-reactive ketones (excluding diaryl/α,β-unsaturated/α-hetero) is 2. The number of benzene rings is 1. The number of aromatic hydroxyl groups is 1. The standard InChI is InChI=1S/C29H36FN5O8/c1-33(2)13-5-6-35(10-13)11-18(36)32-17-9-16(30)14-7-12-8-15-22(34(3)4)25(39)21(28(31)42)27(41)29(15,43)26(40)19(12)24(38)20(14)23(17)37/h9,12-13,15,22,37-38,41,43H,5-8,10-11H2,1-4H3,(H2,31,42)(H,32,36)/t12-,13-,15-,22-,29-/m0/s1. The summed E-state index contributed by atoms with van der Waals surface area (Å²) in [5.74, 6) is -9.67. The molecule has 4 aliphatic rings. The van der Waals surface area contributed by atoms with Crippen LogP contribution >= 0.6 is 0 Å². The highest BCUT2D eigenvalue weighted by Gasteiger charge is 2.64. The molecule has 232 valence electrons. The van der Waals surface area contributed by atoms with E-state index in [4.69, 9.17) is 5.73 Å². The maximum absolute atomic E-state index is 15.5. The number of likely N-dealkylation sites (N-methyl/N-ethyl adjacent to an activating group) is 2. The highest BCUT2D eigenvalue weighted by atomic mass is 19.1. The second kappa shape index (κ2) is 10.7. The number of aliphatic hydroxyl groups excluding tert-OH is 2. The fraction of sp³-hybridized carbons (Fsp3) is 0.517. The SMILES string of the molecule is CN(C)[C@H]1CCN(CC(=O)Nc2cc(F)c3c(c2O)C(O)=C2C(=O)[C@]4(O)C(O)=C(C(N)=O)C(=O)[C@@H](N(C)C)[C@@H]4C[C@@H]2C3)C1. The quantitative estimate of drug-likeness (QED) is 0.185. The summed E-state index contributed by atoms with van der Waals surface area (Å²) in [5.41, 5.74) is 0.340. The van der Waals surface area contributed by atoms with E-state index in [1.54, 1.807) is 0 Å². The number of halogens is 1. The average Bonchev–Trinajstić information content (AvgIpc) is 3.37. The third kappa shape index (κ3) is 4.69. The predicted octanol–water partition coefficient (Wildman–Crippen LogP) is -0.322. The number of likely N-dealkylation sites (tertiary alicyclic amines) is 1. The summed E-state index contributed by atoms with van der Waals surface area (Å²) < 4.78 is 15.5. The van der Waals surface area contributed by atoms with Gasteiger partial charge in [0.05, 0.1) is 23.8 Å². The second-order valence-electron chi connectivity index (χ2n) is 12.3. The number of anilines is 1. The summed E-state index contributed by atoms with van der Waals surface area (Å²) in [6.07, 6.45) is 0.522. The molecule has 1 aliphatic heterocycles. The first kappa shape index (κ1) is 30.6. The number of fused-ring (bicyclic) bond motifs is 3. The molecule has 1 saturated carbocycles. The molecular formula is C29H36FN5O8. The van der Waals surface area contributed by atoms with Gasteiger partial charge in [-0.15, -0.1) is 0 Å². The van der Waals surface area contributed by atoms with Crippen LogP contribution in [0.1, 0.15) is 24.0 Å². The van der Waals surface area contributed by atoms with Gasteiger partial charge in [-0.05, 0) is 53.4 Å². The molecule has 0 radical (unpaired) electrons. The Morgan fingerprint density at radius 3 is 2.42 bits per heavy atom. The summed E-state index contributed by atoms with van der Waals surface area (Å²) in [7, 11) is 6.88. The molecule has 5 atom stereocenters. The molecule has 0 spiro atoms. The number of phenolic OH excluding ortho intramolecular Hbond substituents is 1. The molecule has 13 nitrogen and oxygen atoms in total. The fourth-order valence-electron chi connectivity index (χ4n) is 7.13. The van der Waals surface area contributed by atoms with E-state index in [-0.39, 0.29) is 36.7 Å². The zero-order valence-electron chi connectivity index (χ0n) is 24.3. The maximum Gasteiger partial charge on any atom is 0.255 e. The number of carbonyl (C=O) groups excluding carboxylic acids is 4. The monoisotopic (exact) mass is 601 g/mol. The highest BCUT2D eigenvalue weighted by molar-refractivity contribution is 6.24. The van der Waals surface area contributed by atoms with Gasteiger partial charge in [-0.3, -0.25) is 29.0 Å². The van der Waals surface area contributed by atoms with Crippen molar-refractivity contribution in [1.29, 1.82) is 0 Å². The van der Waals surface area contributed by atoms with E-state index in [9.17, 15) is 39.6 Å². The van der Waals surface area contributed by atoms with Crippen LogP contribution in [0.4, 0.5) is 10.1 Å². The summed E-state index contributed by atoms with van der Waals surface area (Å²) in [5, 5.41) is 47.5. The van der Waals surface area contributed by atoms with Crippen molar-refractivity contribution in [2.45, 2.75) is 36.9 Å². The van der Waals surface area contributed by atoms with Crippen LogP contribution in [0.2, 0.25) is 0 Å². The van der Waals surface area contributed by atoms with Gasteiger partial charge in [0.1, 0.15) is 22.9 Å². The van der Waals surface area contributed by atoms with Gasteiger partial charge >= 0.3 is 0 Å².